The number of ether oxygens (including phenoxy) is 1. The SMILES string of the molecule is OC(CNC1CN2CCC1CC2)COc1ccccc1Cl. The molecular weight excluding hydrogens is 288 g/mol. The van der Waals surface area contributed by atoms with Gasteiger partial charge in [-0.2, -0.15) is 0 Å². The Morgan fingerprint density at radius 2 is 2.10 bits per heavy atom. The van der Waals surface area contributed by atoms with Crippen LogP contribution in [0.4, 0.5) is 0 Å². The zero-order valence-electron chi connectivity index (χ0n) is 12.2. The van der Waals surface area contributed by atoms with Gasteiger partial charge in [0.25, 0.3) is 0 Å². The molecule has 0 saturated carbocycles. The number of para-hydroxylation sites is 1. The molecule has 3 saturated heterocycles. The average molecular weight is 311 g/mol. The Morgan fingerprint density at radius 1 is 1.33 bits per heavy atom. The molecule has 0 spiro atoms. The predicted octanol–water partition coefficient (Wildman–Crippen LogP) is 1.76. The maximum atomic E-state index is 10.1. The van der Waals surface area contributed by atoms with Crippen LogP contribution in [0, 0.1) is 5.92 Å². The molecule has 0 amide bonds. The van der Waals surface area contributed by atoms with Gasteiger partial charge in [-0.1, -0.05) is 23.7 Å². The molecule has 0 aromatic heterocycles. The summed E-state index contributed by atoms with van der Waals surface area (Å²) in [5.74, 6) is 1.40. The number of nitrogens with zero attached hydrogens (tertiary/aromatic N) is 1. The smallest absolute Gasteiger partial charge is 0.138 e. The molecule has 4 rings (SSSR count). The molecule has 3 aliphatic rings. The molecular formula is C16H23ClN2O2. The molecule has 3 heterocycles. The Balaban J connectivity index is 1.40. The van der Waals surface area contributed by atoms with E-state index < -0.39 is 6.10 Å². The summed E-state index contributed by atoms with van der Waals surface area (Å²) in [6.07, 6.45) is 2.05. The first-order valence-electron chi connectivity index (χ1n) is 7.73. The van der Waals surface area contributed by atoms with E-state index >= 15 is 0 Å². The molecule has 5 heteroatoms. The van der Waals surface area contributed by atoms with Crippen molar-refractivity contribution in [2.45, 2.75) is 25.0 Å². The molecule has 0 radical (unpaired) electrons. The van der Waals surface area contributed by atoms with Gasteiger partial charge in [-0.05, 0) is 44.0 Å². The standard InChI is InChI=1S/C16H23ClN2O2/c17-14-3-1-2-4-16(14)21-11-13(20)9-18-15-10-19-7-5-12(15)6-8-19/h1-4,12-13,15,18,20H,5-11H2. The highest BCUT2D eigenvalue weighted by Crippen LogP contribution is 2.27. The summed E-state index contributed by atoms with van der Waals surface area (Å²) in [6.45, 7) is 4.42. The zero-order chi connectivity index (χ0) is 14.7. The van der Waals surface area contributed by atoms with E-state index in [0.717, 1.165) is 12.5 Å². The Hall–Kier alpha value is -0.810. The number of halogens is 1. The van der Waals surface area contributed by atoms with Crippen LogP contribution in [-0.2, 0) is 0 Å². The number of nitrogens with one attached hydrogen (secondary N) is 1. The van der Waals surface area contributed by atoms with Crippen molar-refractivity contribution in [2.24, 2.45) is 5.92 Å². The van der Waals surface area contributed by atoms with Gasteiger partial charge in [0.2, 0.25) is 0 Å². The van der Waals surface area contributed by atoms with Crippen LogP contribution in [0.15, 0.2) is 24.3 Å². The number of rotatable bonds is 6. The highest BCUT2D eigenvalue weighted by atomic mass is 35.5. The lowest BCUT2D eigenvalue weighted by Crippen LogP contribution is -2.57. The van der Waals surface area contributed by atoms with E-state index in [2.05, 4.69) is 10.2 Å². The third-order valence-electron chi connectivity index (χ3n) is 4.54. The molecule has 21 heavy (non-hydrogen) atoms. The molecule has 2 N–H and O–H groups in total. The van der Waals surface area contributed by atoms with Gasteiger partial charge in [-0.25, -0.2) is 0 Å². The van der Waals surface area contributed by atoms with Crippen LogP contribution in [0.1, 0.15) is 12.8 Å². The molecule has 2 bridgehead atoms. The quantitative estimate of drug-likeness (QED) is 0.840. The molecule has 116 valence electrons. The number of piperidine rings is 3. The first-order valence-corrected chi connectivity index (χ1v) is 8.11. The maximum Gasteiger partial charge on any atom is 0.138 e. The van der Waals surface area contributed by atoms with Crippen molar-refractivity contribution >= 4 is 11.6 Å². The van der Waals surface area contributed by atoms with Gasteiger partial charge < -0.3 is 20.1 Å². The Bertz CT molecular complexity index is 463. The Labute approximate surface area is 131 Å². The maximum absolute atomic E-state index is 10.1. The van der Waals surface area contributed by atoms with Crippen LogP contribution in [0.5, 0.6) is 5.75 Å². The summed E-state index contributed by atoms with van der Waals surface area (Å²) in [7, 11) is 0. The summed E-state index contributed by atoms with van der Waals surface area (Å²) in [6, 6.07) is 7.85. The molecule has 0 aliphatic carbocycles. The van der Waals surface area contributed by atoms with Crippen molar-refractivity contribution in [2.75, 3.05) is 32.8 Å². The van der Waals surface area contributed by atoms with E-state index in [4.69, 9.17) is 16.3 Å². The second-order valence-electron chi connectivity index (χ2n) is 6.05. The van der Waals surface area contributed by atoms with E-state index in [1.165, 1.54) is 25.9 Å². The van der Waals surface area contributed by atoms with Gasteiger partial charge in [-0.15, -0.1) is 0 Å². The lowest BCUT2D eigenvalue weighted by atomic mass is 9.84. The van der Waals surface area contributed by atoms with Crippen molar-refractivity contribution < 1.29 is 9.84 Å². The molecule has 3 aliphatic heterocycles. The van der Waals surface area contributed by atoms with E-state index in [-0.39, 0.29) is 6.61 Å². The van der Waals surface area contributed by atoms with Gasteiger partial charge in [0.1, 0.15) is 18.5 Å². The van der Waals surface area contributed by atoms with Crippen molar-refractivity contribution in [1.29, 1.82) is 0 Å². The summed E-state index contributed by atoms with van der Waals surface area (Å²) in [4.78, 5) is 2.50. The number of aliphatic hydroxyl groups is 1. The molecule has 2 unspecified atom stereocenters. The van der Waals surface area contributed by atoms with Crippen LogP contribution >= 0.6 is 11.6 Å². The molecule has 3 fully saturated rings. The van der Waals surface area contributed by atoms with E-state index in [0.29, 0.717) is 23.4 Å². The van der Waals surface area contributed by atoms with Gasteiger partial charge in [0.15, 0.2) is 0 Å². The van der Waals surface area contributed by atoms with Crippen molar-refractivity contribution in [3.8, 4) is 5.75 Å². The zero-order valence-corrected chi connectivity index (χ0v) is 12.9. The highest BCUT2D eigenvalue weighted by molar-refractivity contribution is 6.32. The Morgan fingerprint density at radius 3 is 2.76 bits per heavy atom. The fourth-order valence-corrected chi connectivity index (χ4v) is 3.48. The highest BCUT2D eigenvalue weighted by Gasteiger charge is 2.33. The van der Waals surface area contributed by atoms with Crippen LogP contribution in [0.3, 0.4) is 0 Å². The van der Waals surface area contributed by atoms with Gasteiger partial charge >= 0.3 is 0 Å². The molecule has 2 atom stereocenters. The van der Waals surface area contributed by atoms with Crippen molar-refractivity contribution in [3.63, 3.8) is 0 Å². The number of hydrogen-bond donors (Lipinski definition) is 2. The van der Waals surface area contributed by atoms with Crippen LogP contribution in [0.25, 0.3) is 0 Å². The van der Waals surface area contributed by atoms with Crippen LogP contribution in [-0.4, -0.2) is 54.9 Å². The average Bonchev–Trinajstić information content (AvgIpc) is 2.53. The van der Waals surface area contributed by atoms with Crippen molar-refractivity contribution in [3.05, 3.63) is 29.3 Å². The fourth-order valence-electron chi connectivity index (χ4n) is 3.29. The normalized spacial score (nSPS) is 29.3. The minimum Gasteiger partial charge on any atom is -0.489 e. The van der Waals surface area contributed by atoms with Crippen LogP contribution in [0.2, 0.25) is 5.02 Å². The van der Waals surface area contributed by atoms with E-state index in [1.54, 1.807) is 6.07 Å². The monoisotopic (exact) mass is 310 g/mol. The molecule has 1 aromatic carbocycles. The first-order chi connectivity index (χ1) is 10.2. The Kier molecular flexibility index (Phi) is 5.01. The van der Waals surface area contributed by atoms with Gasteiger partial charge in [-0.3, -0.25) is 0 Å². The molecule has 1 aromatic rings. The fraction of sp³-hybridized carbons (Fsp3) is 0.625. The van der Waals surface area contributed by atoms with E-state index in [1.807, 2.05) is 18.2 Å². The topological polar surface area (TPSA) is 44.7 Å². The predicted molar refractivity (Wildman–Crippen MR) is 83.9 cm³/mol. The minimum atomic E-state index is -0.517. The molecule has 4 nitrogen and oxygen atoms in total. The summed E-state index contributed by atoms with van der Waals surface area (Å²) >= 11 is 6.02. The summed E-state index contributed by atoms with van der Waals surface area (Å²) in [5.41, 5.74) is 0. The number of benzene rings is 1. The second kappa shape index (κ2) is 6.97. The third kappa shape index (κ3) is 3.89. The number of hydrogen-bond acceptors (Lipinski definition) is 4. The lowest BCUT2D eigenvalue weighted by Gasteiger charge is -2.45. The number of aliphatic hydroxyl groups excluding tert-OH is 1. The van der Waals surface area contributed by atoms with Gasteiger partial charge in [0.05, 0.1) is 5.02 Å². The van der Waals surface area contributed by atoms with Crippen LogP contribution < -0.4 is 10.1 Å². The van der Waals surface area contributed by atoms with E-state index in [9.17, 15) is 5.11 Å². The van der Waals surface area contributed by atoms with Gasteiger partial charge in [0, 0.05) is 19.1 Å². The largest absolute Gasteiger partial charge is 0.489 e. The first kappa shape index (κ1) is 15.1. The minimum absolute atomic E-state index is 0.262. The van der Waals surface area contributed by atoms with Crippen molar-refractivity contribution in [1.82, 2.24) is 10.2 Å². The summed E-state index contributed by atoms with van der Waals surface area (Å²) in [5, 5.41) is 14.1. The lowest BCUT2D eigenvalue weighted by molar-refractivity contribution is 0.0551. The third-order valence-corrected chi connectivity index (χ3v) is 4.85. The second-order valence-corrected chi connectivity index (χ2v) is 6.46. The number of fused-ring (bicyclic) bond motifs is 3. The summed E-state index contributed by atoms with van der Waals surface area (Å²) < 4.78 is 5.57.